The number of halogens is 2. The molecule has 0 spiro atoms. The van der Waals surface area contributed by atoms with E-state index in [1.165, 1.54) is 0 Å². The molecule has 0 fully saturated rings. The average Bonchev–Trinajstić information content (AvgIpc) is 2.60. The lowest BCUT2D eigenvalue weighted by molar-refractivity contribution is 0.0898. The quantitative estimate of drug-likeness (QED) is 0.353. The van der Waals surface area contributed by atoms with Crippen LogP contribution in [-0.4, -0.2) is 29.2 Å². The molecule has 0 aliphatic carbocycles. The second-order valence-corrected chi connectivity index (χ2v) is 12.4. The molecule has 4 nitrogen and oxygen atoms in total. The maximum atomic E-state index is 6.12. The Morgan fingerprint density at radius 2 is 1.95 bits per heavy atom. The Morgan fingerprint density at radius 1 is 1.25 bits per heavy atom. The van der Waals surface area contributed by atoms with E-state index in [2.05, 4.69) is 29.6 Å². The summed E-state index contributed by atoms with van der Waals surface area (Å²) in [6, 6.07) is 1.14. The largest absolute Gasteiger partial charge is 0.361 e. The molecule has 0 aromatic carbocycles. The van der Waals surface area contributed by atoms with Crippen LogP contribution < -0.4 is 0 Å². The van der Waals surface area contributed by atoms with Gasteiger partial charge in [0.15, 0.2) is 0 Å². The van der Waals surface area contributed by atoms with Gasteiger partial charge in [-0.1, -0.05) is 31.2 Å². The van der Waals surface area contributed by atoms with E-state index >= 15 is 0 Å². The zero-order valence-corrected chi connectivity index (χ0v) is 14.7. The summed E-state index contributed by atoms with van der Waals surface area (Å²) in [7, 11) is -1.06. The van der Waals surface area contributed by atoms with E-state index in [1.807, 2.05) is 17.7 Å². The Balaban J connectivity index is 2.15. The number of aromatic nitrogens is 3. The molecule has 0 saturated heterocycles. The van der Waals surface area contributed by atoms with Gasteiger partial charge in [0.1, 0.15) is 17.5 Å². The van der Waals surface area contributed by atoms with Crippen molar-refractivity contribution in [3.05, 3.63) is 22.2 Å². The van der Waals surface area contributed by atoms with Crippen LogP contribution in [0.25, 0.3) is 11.0 Å². The predicted octanol–water partition coefficient (Wildman–Crippen LogP) is 4.36. The van der Waals surface area contributed by atoms with Crippen molar-refractivity contribution in [2.45, 2.75) is 39.3 Å². The first-order chi connectivity index (χ1) is 9.28. The highest BCUT2D eigenvalue weighted by molar-refractivity contribution is 6.76. The minimum atomic E-state index is -1.06. The van der Waals surface area contributed by atoms with Gasteiger partial charge >= 0.3 is 0 Å². The first-order valence-corrected chi connectivity index (χ1v) is 11.0. The SMILES string of the molecule is Cc1cn(COCC[Si](C)(C)C)c2nc(Cl)nc(Cl)c12. The molecule has 0 unspecified atom stereocenters. The maximum Gasteiger partial charge on any atom is 0.225 e. The summed E-state index contributed by atoms with van der Waals surface area (Å²) in [5, 5.41) is 1.38. The van der Waals surface area contributed by atoms with Crippen molar-refractivity contribution in [3.8, 4) is 0 Å². The van der Waals surface area contributed by atoms with E-state index < -0.39 is 8.07 Å². The minimum absolute atomic E-state index is 0.156. The van der Waals surface area contributed by atoms with Crippen LogP contribution >= 0.6 is 23.2 Å². The minimum Gasteiger partial charge on any atom is -0.361 e. The van der Waals surface area contributed by atoms with Crippen LogP contribution in [-0.2, 0) is 11.5 Å². The summed E-state index contributed by atoms with van der Waals surface area (Å²) in [6.45, 7) is 10.2. The summed E-state index contributed by atoms with van der Waals surface area (Å²) in [5.74, 6) is 0. The fraction of sp³-hybridized carbons (Fsp3) is 0.538. The number of hydrogen-bond acceptors (Lipinski definition) is 3. The van der Waals surface area contributed by atoms with Crippen LogP contribution in [0, 0.1) is 6.92 Å². The third-order valence-corrected chi connectivity index (χ3v) is 5.21. The molecule has 0 saturated carbocycles. The van der Waals surface area contributed by atoms with E-state index in [9.17, 15) is 0 Å². The normalized spacial score (nSPS) is 12.3. The predicted molar refractivity (Wildman–Crippen MR) is 86.4 cm³/mol. The Bertz CT molecular complexity index is 622. The van der Waals surface area contributed by atoms with Gasteiger partial charge in [0.25, 0.3) is 0 Å². The molecular weight excluding hydrogens is 313 g/mol. The zero-order valence-electron chi connectivity index (χ0n) is 12.2. The first kappa shape index (κ1) is 15.8. The highest BCUT2D eigenvalue weighted by Crippen LogP contribution is 2.27. The van der Waals surface area contributed by atoms with E-state index in [0.717, 1.165) is 29.2 Å². The van der Waals surface area contributed by atoms with Crippen LogP contribution in [0.15, 0.2) is 6.20 Å². The van der Waals surface area contributed by atoms with Crippen LogP contribution in [0.1, 0.15) is 5.56 Å². The van der Waals surface area contributed by atoms with Crippen LogP contribution in [0.5, 0.6) is 0 Å². The van der Waals surface area contributed by atoms with Crippen LogP contribution in [0.3, 0.4) is 0 Å². The third kappa shape index (κ3) is 3.72. The molecule has 0 radical (unpaired) electrons. The van der Waals surface area contributed by atoms with Crippen molar-refractivity contribution in [1.82, 2.24) is 14.5 Å². The van der Waals surface area contributed by atoms with E-state index in [-0.39, 0.29) is 5.28 Å². The van der Waals surface area contributed by atoms with Crippen molar-refractivity contribution in [1.29, 1.82) is 0 Å². The average molecular weight is 332 g/mol. The Morgan fingerprint density at radius 3 is 2.60 bits per heavy atom. The van der Waals surface area contributed by atoms with Gasteiger partial charge in [0.2, 0.25) is 5.28 Å². The molecule has 0 aliphatic rings. The topological polar surface area (TPSA) is 39.9 Å². The number of fused-ring (bicyclic) bond motifs is 1. The first-order valence-electron chi connectivity index (χ1n) is 6.54. The van der Waals surface area contributed by atoms with Crippen molar-refractivity contribution in [2.75, 3.05) is 6.61 Å². The van der Waals surface area contributed by atoms with Gasteiger partial charge in [-0.05, 0) is 30.1 Å². The molecule has 2 rings (SSSR count). The molecule has 0 aliphatic heterocycles. The monoisotopic (exact) mass is 331 g/mol. The lowest BCUT2D eigenvalue weighted by atomic mass is 10.3. The second-order valence-electron chi connectivity index (χ2n) is 6.11. The molecule has 7 heteroatoms. The van der Waals surface area contributed by atoms with Crippen LogP contribution in [0.4, 0.5) is 0 Å². The zero-order chi connectivity index (χ0) is 14.9. The molecule has 20 heavy (non-hydrogen) atoms. The Hall–Kier alpha value is -0.623. The highest BCUT2D eigenvalue weighted by Gasteiger charge is 2.14. The van der Waals surface area contributed by atoms with Gasteiger partial charge in [0.05, 0.1) is 5.39 Å². The number of hydrogen-bond donors (Lipinski definition) is 0. The van der Waals surface area contributed by atoms with Gasteiger partial charge in [-0.2, -0.15) is 4.98 Å². The summed E-state index contributed by atoms with van der Waals surface area (Å²) >= 11 is 12.0. The fourth-order valence-corrected chi connectivity index (χ4v) is 3.22. The number of ether oxygens (including phenoxy) is 1. The van der Waals surface area contributed by atoms with Gasteiger partial charge < -0.3 is 9.30 Å². The van der Waals surface area contributed by atoms with E-state index in [1.54, 1.807) is 0 Å². The molecule has 0 N–H and O–H groups in total. The summed E-state index contributed by atoms with van der Waals surface area (Å²) in [4.78, 5) is 8.22. The number of aryl methyl sites for hydroxylation is 1. The molecular formula is C13H19Cl2N3OSi. The van der Waals surface area contributed by atoms with Gasteiger partial charge in [-0.25, -0.2) is 4.98 Å². The fourth-order valence-electron chi connectivity index (χ4n) is 1.94. The van der Waals surface area contributed by atoms with Gasteiger partial charge in [0, 0.05) is 20.9 Å². The molecule has 0 atom stereocenters. The smallest absolute Gasteiger partial charge is 0.225 e. The van der Waals surface area contributed by atoms with E-state index in [0.29, 0.717) is 11.9 Å². The molecule has 2 aromatic heterocycles. The second kappa shape index (κ2) is 6.01. The van der Waals surface area contributed by atoms with Crippen LogP contribution in [0.2, 0.25) is 36.1 Å². The highest BCUT2D eigenvalue weighted by atomic mass is 35.5. The lowest BCUT2D eigenvalue weighted by Gasteiger charge is -2.15. The standard InChI is InChI=1S/C13H19Cl2N3OSi/c1-9-7-18(8-19-5-6-20(2,3)4)12-10(9)11(14)16-13(15)17-12/h7H,5-6,8H2,1-4H3. The molecule has 110 valence electrons. The summed E-state index contributed by atoms with van der Waals surface area (Å²) in [5.41, 5.74) is 1.75. The molecule has 2 aromatic rings. The van der Waals surface area contributed by atoms with Gasteiger partial charge in [-0.3, -0.25) is 0 Å². The summed E-state index contributed by atoms with van der Waals surface area (Å²) < 4.78 is 7.67. The Labute approximate surface area is 130 Å². The molecule has 0 amide bonds. The van der Waals surface area contributed by atoms with Crippen molar-refractivity contribution in [3.63, 3.8) is 0 Å². The van der Waals surface area contributed by atoms with Gasteiger partial charge in [-0.15, -0.1) is 0 Å². The third-order valence-electron chi connectivity index (χ3n) is 3.06. The van der Waals surface area contributed by atoms with Crippen molar-refractivity contribution in [2.24, 2.45) is 0 Å². The number of rotatable bonds is 5. The molecule has 0 bridgehead atoms. The Kier molecular flexibility index (Phi) is 4.74. The van der Waals surface area contributed by atoms with Crippen molar-refractivity contribution >= 4 is 42.3 Å². The van der Waals surface area contributed by atoms with Crippen molar-refractivity contribution < 1.29 is 4.74 Å². The summed E-state index contributed by atoms with van der Waals surface area (Å²) in [6.07, 6.45) is 1.97. The lowest BCUT2D eigenvalue weighted by Crippen LogP contribution is -2.22. The number of nitrogens with zero attached hydrogens (tertiary/aromatic N) is 3. The van der Waals surface area contributed by atoms with E-state index in [4.69, 9.17) is 27.9 Å². The molecule has 2 heterocycles. The maximum absolute atomic E-state index is 6.12.